The minimum Gasteiger partial charge on any atom is -0.496 e. The maximum absolute atomic E-state index is 6.13. The number of methoxy groups -OCH3 is 1. The summed E-state index contributed by atoms with van der Waals surface area (Å²) in [6.07, 6.45) is 2.50. The molecule has 2 N–H and O–H groups in total. The molecule has 14 heavy (non-hydrogen) atoms. The maximum atomic E-state index is 6.13. The van der Waals surface area contributed by atoms with Crippen LogP contribution in [-0.4, -0.2) is 7.11 Å². The van der Waals surface area contributed by atoms with Crippen molar-refractivity contribution in [3.8, 4) is 5.75 Å². The molecule has 76 valence electrons. The minimum absolute atomic E-state index is 0.137. The van der Waals surface area contributed by atoms with E-state index in [9.17, 15) is 0 Å². The molecule has 2 rings (SSSR count). The summed E-state index contributed by atoms with van der Waals surface area (Å²) < 4.78 is 6.34. The Hall–Kier alpha value is -0.540. The lowest BCUT2D eigenvalue weighted by atomic mass is 10.0. The zero-order valence-electron chi connectivity index (χ0n) is 8.16. The molecule has 1 aliphatic rings. The Kier molecular flexibility index (Phi) is 2.79. The van der Waals surface area contributed by atoms with Gasteiger partial charge in [0.2, 0.25) is 0 Å². The Bertz CT molecular complexity index is 336. The molecule has 0 aromatic heterocycles. The number of rotatable bonds is 3. The van der Waals surface area contributed by atoms with E-state index in [1.165, 1.54) is 12.8 Å². The molecule has 2 nitrogen and oxygen atoms in total. The van der Waals surface area contributed by atoms with Gasteiger partial charge in [0, 0.05) is 16.1 Å². The molecule has 3 heteroatoms. The zero-order valence-corrected chi connectivity index (χ0v) is 9.75. The van der Waals surface area contributed by atoms with Crippen LogP contribution in [-0.2, 0) is 0 Å². The Balaban J connectivity index is 2.30. The molecule has 1 aliphatic carbocycles. The fraction of sp³-hybridized carbons (Fsp3) is 0.455. The standard InChI is InChI=1S/C11H14BrNO/c1-14-10-6-8(12)4-5-9(10)11(13)7-2-3-7/h4-7,11H,2-3,13H2,1H3/t11-/m1/s1. The van der Waals surface area contributed by atoms with Crippen LogP contribution in [0.3, 0.4) is 0 Å². The van der Waals surface area contributed by atoms with Gasteiger partial charge in [-0.1, -0.05) is 22.0 Å². The molecule has 0 saturated heterocycles. The van der Waals surface area contributed by atoms with E-state index in [4.69, 9.17) is 10.5 Å². The lowest BCUT2D eigenvalue weighted by molar-refractivity contribution is 0.402. The second-order valence-corrected chi connectivity index (χ2v) is 4.67. The summed E-state index contributed by atoms with van der Waals surface area (Å²) in [5.74, 6) is 1.55. The summed E-state index contributed by atoms with van der Waals surface area (Å²) >= 11 is 3.42. The lowest BCUT2D eigenvalue weighted by Crippen LogP contribution is -2.13. The first-order valence-electron chi connectivity index (χ1n) is 4.81. The normalized spacial score (nSPS) is 17.9. The second kappa shape index (κ2) is 3.91. The summed E-state index contributed by atoms with van der Waals surface area (Å²) in [6, 6.07) is 6.17. The van der Waals surface area contributed by atoms with E-state index in [1.807, 2.05) is 18.2 Å². The highest BCUT2D eigenvalue weighted by atomic mass is 79.9. The van der Waals surface area contributed by atoms with E-state index in [2.05, 4.69) is 15.9 Å². The van der Waals surface area contributed by atoms with Gasteiger partial charge in [-0.25, -0.2) is 0 Å². The van der Waals surface area contributed by atoms with Crippen LogP contribution in [0.1, 0.15) is 24.4 Å². The lowest BCUT2D eigenvalue weighted by Gasteiger charge is -2.15. The average molecular weight is 256 g/mol. The van der Waals surface area contributed by atoms with Gasteiger partial charge in [-0.3, -0.25) is 0 Å². The third-order valence-corrected chi connectivity index (χ3v) is 3.18. The Labute approximate surface area is 92.6 Å². The van der Waals surface area contributed by atoms with Gasteiger partial charge in [0.05, 0.1) is 7.11 Å². The first-order valence-corrected chi connectivity index (χ1v) is 5.60. The first-order chi connectivity index (χ1) is 6.72. The number of hydrogen-bond acceptors (Lipinski definition) is 2. The summed E-state index contributed by atoms with van der Waals surface area (Å²) in [5.41, 5.74) is 7.25. The first kappa shape index (κ1) is 9.99. The van der Waals surface area contributed by atoms with Gasteiger partial charge in [0.25, 0.3) is 0 Å². The summed E-state index contributed by atoms with van der Waals surface area (Å²) in [4.78, 5) is 0. The number of hydrogen-bond donors (Lipinski definition) is 1. The largest absolute Gasteiger partial charge is 0.496 e. The summed E-state index contributed by atoms with van der Waals surface area (Å²) in [7, 11) is 1.69. The van der Waals surface area contributed by atoms with Gasteiger partial charge < -0.3 is 10.5 Å². The fourth-order valence-corrected chi connectivity index (χ4v) is 2.01. The van der Waals surface area contributed by atoms with Crippen LogP contribution in [0.5, 0.6) is 5.75 Å². The van der Waals surface area contributed by atoms with Crippen LogP contribution in [0.15, 0.2) is 22.7 Å². The van der Waals surface area contributed by atoms with E-state index in [1.54, 1.807) is 7.11 Å². The third-order valence-electron chi connectivity index (χ3n) is 2.68. The molecule has 0 amide bonds. The van der Waals surface area contributed by atoms with Crippen molar-refractivity contribution in [1.29, 1.82) is 0 Å². The van der Waals surface area contributed by atoms with E-state index in [0.717, 1.165) is 15.8 Å². The van der Waals surface area contributed by atoms with Gasteiger partial charge >= 0.3 is 0 Å². The number of halogens is 1. The van der Waals surface area contributed by atoms with Gasteiger partial charge in [-0.15, -0.1) is 0 Å². The third kappa shape index (κ3) is 1.93. The Morgan fingerprint density at radius 1 is 1.50 bits per heavy atom. The molecule has 0 unspecified atom stereocenters. The molecular weight excluding hydrogens is 242 g/mol. The monoisotopic (exact) mass is 255 g/mol. The van der Waals surface area contributed by atoms with E-state index in [0.29, 0.717) is 5.92 Å². The van der Waals surface area contributed by atoms with Crippen molar-refractivity contribution in [2.75, 3.05) is 7.11 Å². The van der Waals surface area contributed by atoms with Gasteiger partial charge in [0.1, 0.15) is 5.75 Å². The summed E-state index contributed by atoms with van der Waals surface area (Å²) in [5, 5.41) is 0. The number of nitrogens with two attached hydrogens (primary N) is 1. The molecule has 0 bridgehead atoms. The van der Waals surface area contributed by atoms with Crippen molar-refractivity contribution in [3.63, 3.8) is 0 Å². The van der Waals surface area contributed by atoms with Crippen LogP contribution >= 0.6 is 15.9 Å². The molecule has 1 aromatic carbocycles. The van der Waals surface area contributed by atoms with E-state index < -0.39 is 0 Å². The Morgan fingerprint density at radius 3 is 2.79 bits per heavy atom. The quantitative estimate of drug-likeness (QED) is 0.902. The van der Waals surface area contributed by atoms with Gasteiger partial charge in [0.15, 0.2) is 0 Å². The molecule has 1 aromatic rings. The average Bonchev–Trinajstić information content (AvgIpc) is 3.00. The highest BCUT2D eigenvalue weighted by molar-refractivity contribution is 9.10. The van der Waals surface area contributed by atoms with Crippen molar-refractivity contribution in [2.24, 2.45) is 11.7 Å². The second-order valence-electron chi connectivity index (χ2n) is 3.75. The van der Waals surface area contributed by atoms with Crippen molar-refractivity contribution < 1.29 is 4.74 Å². The Morgan fingerprint density at radius 2 is 2.21 bits per heavy atom. The topological polar surface area (TPSA) is 35.2 Å². The summed E-state index contributed by atoms with van der Waals surface area (Å²) in [6.45, 7) is 0. The molecule has 0 aliphatic heterocycles. The van der Waals surface area contributed by atoms with Crippen molar-refractivity contribution in [2.45, 2.75) is 18.9 Å². The SMILES string of the molecule is COc1cc(Br)ccc1[C@H](N)C1CC1. The fourth-order valence-electron chi connectivity index (χ4n) is 1.67. The van der Waals surface area contributed by atoms with Crippen LogP contribution < -0.4 is 10.5 Å². The maximum Gasteiger partial charge on any atom is 0.124 e. The van der Waals surface area contributed by atoms with Crippen molar-refractivity contribution in [1.82, 2.24) is 0 Å². The minimum atomic E-state index is 0.137. The molecule has 0 radical (unpaired) electrons. The van der Waals surface area contributed by atoms with E-state index >= 15 is 0 Å². The molecule has 1 saturated carbocycles. The highest BCUT2D eigenvalue weighted by Gasteiger charge is 2.31. The number of benzene rings is 1. The molecule has 1 atom stereocenters. The van der Waals surface area contributed by atoms with Crippen LogP contribution in [0.25, 0.3) is 0 Å². The molecule has 1 fully saturated rings. The molecule has 0 spiro atoms. The van der Waals surface area contributed by atoms with Crippen LogP contribution in [0, 0.1) is 5.92 Å². The smallest absolute Gasteiger partial charge is 0.124 e. The zero-order chi connectivity index (χ0) is 10.1. The molecule has 0 heterocycles. The van der Waals surface area contributed by atoms with Crippen molar-refractivity contribution in [3.05, 3.63) is 28.2 Å². The van der Waals surface area contributed by atoms with Gasteiger partial charge in [-0.05, 0) is 30.9 Å². The predicted molar refractivity (Wildman–Crippen MR) is 60.3 cm³/mol. The van der Waals surface area contributed by atoms with Crippen molar-refractivity contribution >= 4 is 15.9 Å². The van der Waals surface area contributed by atoms with Gasteiger partial charge in [-0.2, -0.15) is 0 Å². The predicted octanol–water partition coefficient (Wildman–Crippen LogP) is 2.87. The number of ether oxygens (including phenoxy) is 1. The molecular formula is C11H14BrNO. The van der Waals surface area contributed by atoms with E-state index in [-0.39, 0.29) is 6.04 Å². The van der Waals surface area contributed by atoms with Crippen LogP contribution in [0.2, 0.25) is 0 Å². The highest BCUT2D eigenvalue weighted by Crippen LogP contribution is 2.42. The van der Waals surface area contributed by atoms with Crippen LogP contribution in [0.4, 0.5) is 0 Å².